The Morgan fingerprint density at radius 3 is 2.06 bits per heavy atom. The zero-order chi connectivity index (χ0) is 23.7. The molecule has 0 saturated carbocycles. The molecule has 0 saturated heterocycles. The monoisotopic (exact) mass is 445 g/mol. The molecule has 0 aromatic heterocycles. The van der Waals surface area contributed by atoms with Gasteiger partial charge in [0.1, 0.15) is 11.5 Å². The first-order valence-electron chi connectivity index (χ1n) is 10.3. The summed E-state index contributed by atoms with van der Waals surface area (Å²) in [5, 5.41) is 0. The Bertz CT molecular complexity index is 938. The molecule has 1 amide bonds. The predicted octanol–water partition coefficient (Wildman–Crippen LogP) is 3.60. The smallest absolute Gasteiger partial charge is 0.257 e. The van der Waals surface area contributed by atoms with E-state index in [1.165, 1.54) is 28.4 Å². The highest BCUT2D eigenvalue weighted by Gasteiger charge is 2.25. The van der Waals surface area contributed by atoms with Gasteiger partial charge in [-0.2, -0.15) is 0 Å². The first-order valence-corrected chi connectivity index (χ1v) is 10.3. The van der Waals surface area contributed by atoms with E-state index in [4.69, 9.17) is 23.7 Å². The summed E-state index contributed by atoms with van der Waals surface area (Å²) in [6.45, 7) is 4.89. The number of nitrogens with zero attached hydrogens (tertiary/aromatic N) is 1. The van der Waals surface area contributed by atoms with E-state index in [0.29, 0.717) is 52.8 Å². The first kappa shape index (κ1) is 25.0. The third-order valence-electron chi connectivity index (χ3n) is 5.04. The molecule has 174 valence electrons. The zero-order valence-electron chi connectivity index (χ0n) is 19.5. The summed E-state index contributed by atoms with van der Waals surface area (Å²) in [5.74, 6) is 1.36. The van der Waals surface area contributed by atoms with Crippen LogP contribution in [0.3, 0.4) is 0 Å². The molecule has 2 aromatic carbocycles. The van der Waals surface area contributed by atoms with Crippen LogP contribution in [0.15, 0.2) is 30.3 Å². The van der Waals surface area contributed by atoms with Crippen LogP contribution in [-0.4, -0.2) is 64.9 Å². The van der Waals surface area contributed by atoms with Crippen molar-refractivity contribution in [1.29, 1.82) is 0 Å². The highest BCUT2D eigenvalue weighted by molar-refractivity contribution is 6.03. The lowest BCUT2D eigenvalue weighted by atomic mass is 9.96. The molecule has 8 heteroatoms. The molecule has 2 rings (SSSR count). The van der Waals surface area contributed by atoms with E-state index in [9.17, 15) is 9.59 Å². The number of amides is 1. The second-order valence-electron chi connectivity index (χ2n) is 6.86. The Morgan fingerprint density at radius 1 is 0.844 bits per heavy atom. The van der Waals surface area contributed by atoms with E-state index in [2.05, 4.69) is 0 Å². The van der Waals surface area contributed by atoms with E-state index in [-0.39, 0.29) is 24.9 Å². The maximum atomic E-state index is 13.3. The largest absolute Gasteiger partial charge is 0.496 e. The van der Waals surface area contributed by atoms with E-state index in [0.717, 1.165) is 0 Å². The van der Waals surface area contributed by atoms with Crippen molar-refractivity contribution in [3.05, 3.63) is 47.0 Å². The van der Waals surface area contributed by atoms with Gasteiger partial charge in [-0.25, -0.2) is 0 Å². The Kier molecular flexibility index (Phi) is 9.34. The van der Waals surface area contributed by atoms with Gasteiger partial charge in [0.15, 0.2) is 24.1 Å². The van der Waals surface area contributed by atoms with E-state index in [1.54, 1.807) is 35.2 Å². The predicted molar refractivity (Wildman–Crippen MR) is 120 cm³/mol. The molecule has 0 fully saturated rings. The molecule has 0 radical (unpaired) electrons. The molecule has 0 N–H and O–H groups in total. The van der Waals surface area contributed by atoms with Gasteiger partial charge in [0.2, 0.25) is 0 Å². The van der Waals surface area contributed by atoms with Crippen molar-refractivity contribution in [3.63, 3.8) is 0 Å². The van der Waals surface area contributed by atoms with E-state index >= 15 is 0 Å². The SMILES string of the molecule is CCN(CC)C(=O)c1c(CC(=O)c2ccc(OC)c(OC)c2)cc(OCOC)cc1OC. The van der Waals surface area contributed by atoms with Crippen molar-refractivity contribution in [1.82, 2.24) is 4.90 Å². The van der Waals surface area contributed by atoms with Gasteiger partial charge in [-0.15, -0.1) is 0 Å². The number of carbonyl (C=O) groups is 2. The summed E-state index contributed by atoms with van der Waals surface area (Å²) in [4.78, 5) is 28.1. The molecule has 8 nitrogen and oxygen atoms in total. The number of hydrogen-bond donors (Lipinski definition) is 0. The Balaban J connectivity index is 2.53. The van der Waals surface area contributed by atoms with Gasteiger partial charge in [0.25, 0.3) is 5.91 Å². The lowest BCUT2D eigenvalue weighted by Gasteiger charge is -2.23. The summed E-state index contributed by atoms with van der Waals surface area (Å²) in [7, 11) is 6.03. The van der Waals surface area contributed by atoms with Crippen LogP contribution in [0.1, 0.15) is 40.1 Å². The van der Waals surface area contributed by atoms with Gasteiger partial charge in [-0.05, 0) is 43.7 Å². The molecule has 32 heavy (non-hydrogen) atoms. The van der Waals surface area contributed by atoms with Crippen LogP contribution in [0.4, 0.5) is 0 Å². The van der Waals surface area contributed by atoms with Gasteiger partial charge < -0.3 is 28.6 Å². The molecular weight excluding hydrogens is 414 g/mol. The van der Waals surface area contributed by atoms with Crippen molar-refractivity contribution in [2.75, 3.05) is 48.3 Å². The molecule has 0 aliphatic rings. The average molecular weight is 446 g/mol. The number of hydrogen-bond acceptors (Lipinski definition) is 7. The van der Waals surface area contributed by atoms with Crippen LogP contribution in [0, 0.1) is 0 Å². The quantitative estimate of drug-likeness (QED) is 0.365. The number of ether oxygens (including phenoxy) is 5. The average Bonchev–Trinajstić information content (AvgIpc) is 2.82. The summed E-state index contributed by atoms with van der Waals surface area (Å²) >= 11 is 0. The summed E-state index contributed by atoms with van der Waals surface area (Å²) < 4.78 is 26.6. The third kappa shape index (κ3) is 5.70. The van der Waals surface area contributed by atoms with Crippen LogP contribution in [0.2, 0.25) is 0 Å². The van der Waals surface area contributed by atoms with Crippen LogP contribution < -0.4 is 18.9 Å². The zero-order valence-corrected chi connectivity index (χ0v) is 19.5. The highest BCUT2D eigenvalue weighted by atomic mass is 16.7. The second kappa shape index (κ2) is 12.0. The second-order valence-corrected chi connectivity index (χ2v) is 6.86. The van der Waals surface area contributed by atoms with Gasteiger partial charge in [-0.1, -0.05) is 0 Å². The number of methoxy groups -OCH3 is 4. The fourth-order valence-corrected chi connectivity index (χ4v) is 3.35. The van der Waals surface area contributed by atoms with Crippen LogP contribution in [-0.2, 0) is 11.2 Å². The van der Waals surface area contributed by atoms with E-state index < -0.39 is 0 Å². The highest BCUT2D eigenvalue weighted by Crippen LogP contribution is 2.32. The molecule has 0 atom stereocenters. The molecule has 0 aliphatic heterocycles. The summed E-state index contributed by atoms with van der Waals surface area (Å²) in [5.41, 5.74) is 1.29. The molecule has 0 aliphatic carbocycles. The van der Waals surface area contributed by atoms with Gasteiger partial charge in [0, 0.05) is 38.2 Å². The van der Waals surface area contributed by atoms with Crippen molar-refractivity contribution < 1.29 is 33.3 Å². The van der Waals surface area contributed by atoms with Crippen molar-refractivity contribution in [2.24, 2.45) is 0 Å². The van der Waals surface area contributed by atoms with Gasteiger partial charge >= 0.3 is 0 Å². The minimum absolute atomic E-state index is 0.0234. The van der Waals surface area contributed by atoms with Crippen molar-refractivity contribution in [2.45, 2.75) is 20.3 Å². The molecule has 2 aromatic rings. The summed E-state index contributed by atoms with van der Waals surface area (Å²) in [6.07, 6.45) is -0.0294. The fourth-order valence-electron chi connectivity index (χ4n) is 3.35. The van der Waals surface area contributed by atoms with Crippen LogP contribution in [0.25, 0.3) is 0 Å². The molecular formula is C24H31NO7. The maximum absolute atomic E-state index is 13.3. The first-order chi connectivity index (χ1) is 15.4. The van der Waals surface area contributed by atoms with Gasteiger partial charge in [-0.3, -0.25) is 9.59 Å². The number of Topliss-reactive ketones (excluding diaryl/α,β-unsaturated/α-hetero) is 1. The van der Waals surface area contributed by atoms with Crippen LogP contribution in [0.5, 0.6) is 23.0 Å². The van der Waals surface area contributed by atoms with Crippen molar-refractivity contribution in [3.8, 4) is 23.0 Å². The number of carbonyl (C=O) groups excluding carboxylic acids is 2. The number of ketones is 1. The van der Waals surface area contributed by atoms with E-state index in [1.807, 2.05) is 13.8 Å². The Hall–Kier alpha value is -3.26. The fraction of sp³-hybridized carbons (Fsp3) is 0.417. The lowest BCUT2D eigenvalue weighted by molar-refractivity contribution is 0.0509. The standard InChI is InChI=1S/C24H31NO7/c1-7-25(8-2)24(27)23-17(11-18(32-15-28-3)14-22(23)31-6)12-19(26)16-9-10-20(29-4)21(13-16)30-5/h9-11,13-14H,7-8,12,15H2,1-6H3. The topological polar surface area (TPSA) is 83.5 Å². The Labute approximate surface area is 189 Å². The molecule has 0 spiro atoms. The van der Waals surface area contributed by atoms with Crippen molar-refractivity contribution >= 4 is 11.7 Å². The minimum Gasteiger partial charge on any atom is -0.496 e. The number of benzene rings is 2. The number of rotatable bonds is 12. The molecule has 0 unspecified atom stereocenters. The van der Waals surface area contributed by atoms with Gasteiger partial charge in [0.05, 0.1) is 26.9 Å². The Morgan fingerprint density at radius 2 is 1.50 bits per heavy atom. The molecule has 0 heterocycles. The third-order valence-corrected chi connectivity index (χ3v) is 5.04. The lowest BCUT2D eigenvalue weighted by Crippen LogP contribution is -2.32. The normalized spacial score (nSPS) is 10.4. The summed E-state index contributed by atoms with van der Waals surface area (Å²) in [6, 6.07) is 8.26. The minimum atomic E-state index is -0.208. The van der Waals surface area contributed by atoms with Crippen LogP contribution >= 0.6 is 0 Å². The molecule has 0 bridgehead atoms. The maximum Gasteiger partial charge on any atom is 0.257 e.